The zero-order valence-electron chi connectivity index (χ0n) is 14.4. The lowest BCUT2D eigenvalue weighted by Crippen LogP contribution is -2.36. The Hall–Kier alpha value is -2.70. The Morgan fingerprint density at radius 3 is 2.56 bits per heavy atom. The first kappa shape index (κ1) is 17.1. The summed E-state index contributed by atoms with van der Waals surface area (Å²) < 4.78 is 5.25. The molecule has 25 heavy (non-hydrogen) atoms. The number of carbonyl (C=O) groups excluding carboxylic acids is 2. The Morgan fingerprint density at radius 2 is 1.80 bits per heavy atom. The molecule has 7 nitrogen and oxygen atoms in total. The Bertz CT molecular complexity index is 729. The smallest absolute Gasteiger partial charge is 0.227 e. The molecule has 2 heterocycles. The van der Waals surface area contributed by atoms with E-state index in [9.17, 15) is 9.59 Å². The number of carbonyl (C=O) groups is 2. The quantitative estimate of drug-likeness (QED) is 0.846. The lowest BCUT2D eigenvalue weighted by atomic mass is 10.2. The minimum Gasteiger partial charge on any atom is -0.341 e. The van der Waals surface area contributed by atoms with Crippen LogP contribution in [0.4, 0.5) is 0 Å². The molecule has 0 aliphatic carbocycles. The van der Waals surface area contributed by atoms with Crippen LogP contribution in [0.1, 0.15) is 25.7 Å². The summed E-state index contributed by atoms with van der Waals surface area (Å²) in [4.78, 5) is 31.8. The van der Waals surface area contributed by atoms with Gasteiger partial charge >= 0.3 is 0 Å². The van der Waals surface area contributed by atoms with Crippen LogP contribution in [-0.2, 0) is 16.0 Å². The molecule has 0 radical (unpaired) electrons. The van der Waals surface area contributed by atoms with Crippen LogP contribution in [0.3, 0.4) is 0 Å². The molecule has 1 aliphatic heterocycles. The van der Waals surface area contributed by atoms with Crippen LogP contribution in [0.15, 0.2) is 34.9 Å². The number of nitrogens with zero attached hydrogens (tertiary/aromatic N) is 4. The first-order valence-electron chi connectivity index (χ1n) is 8.55. The average Bonchev–Trinajstić information content (AvgIpc) is 2.95. The molecule has 1 aromatic heterocycles. The van der Waals surface area contributed by atoms with Crippen molar-refractivity contribution in [3.05, 3.63) is 36.2 Å². The van der Waals surface area contributed by atoms with Gasteiger partial charge in [-0.05, 0) is 6.42 Å². The molecule has 1 fully saturated rings. The molecule has 0 atom stereocenters. The third kappa shape index (κ3) is 4.43. The van der Waals surface area contributed by atoms with Gasteiger partial charge in [0.05, 0.1) is 0 Å². The number of benzene rings is 1. The maximum atomic E-state index is 12.4. The Balaban J connectivity index is 1.52. The van der Waals surface area contributed by atoms with E-state index in [2.05, 4.69) is 10.1 Å². The van der Waals surface area contributed by atoms with Gasteiger partial charge in [-0.3, -0.25) is 9.59 Å². The van der Waals surface area contributed by atoms with Gasteiger partial charge in [-0.2, -0.15) is 4.98 Å². The number of rotatable bonds is 4. The fourth-order valence-electron chi connectivity index (χ4n) is 2.91. The summed E-state index contributed by atoms with van der Waals surface area (Å²) in [6.45, 7) is 4.14. The average molecular weight is 342 g/mol. The second-order valence-electron chi connectivity index (χ2n) is 6.12. The number of hydrogen-bond donors (Lipinski definition) is 0. The van der Waals surface area contributed by atoms with Gasteiger partial charge in [0.25, 0.3) is 0 Å². The normalized spacial score (nSPS) is 15.1. The minimum atomic E-state index is 0.0601. The monoisotopic (exact) mass is 342 g/mol. The molecule has 0 saturated carbocycles. The van der Waals surface area contributed by atoms with Gasteiger partial charge in [0.1, 0.15) is 0 Å². The van der Waals surface area contributed by atoms with Crippen molar-refractivity contribution in [3.63, 3.8) is 0 Å². The highest BCUT2D eigenvalue weighted by atomic mass is 16.5. The Morgan fingerprint density at radius 1 is 1.08 bits per heavy atom. The standard InChI is InChI=1S/C18H22N4O3/c1-14(23)21-10-5-11-22(13-12-21)17(24)9-8-16-19-18(20-25-16)15-6-3-2-4-7-15/h2-4,6-7H,5,8-13H2,1H3. The van der Waals surface area contributed by atoms with Crippen molar-refractivity contribution in [2.75, 3.05) is 26.2 Å². The van der Waals surface area contributed by atoms with Crippen molar-refractivity contribution in [1.29, 1.82) is 0 Å². The van der Waals surface area contributed by atoms with E-state index >= 15 is 0 Å². The van der Waals surface area contributed by atoms with E-state index in [4.69, 9.17) is 4.52 Å². The number of aryl methyl sites for hydroxylation is 1. The summed E-state index contributed by atoms with van der Waals surface area (Å²) in [6.07, 6.45) is 1.56. The molecular weight excluding hydrogens is 320 g/mol. The van der Waals surface area contributed by atoms with Crippen LogP contribution in [-0.4, -0.2) is 57.9 Å². The molecule has 1 saturated heterocycles. The molecule has 7 heteroatoms. The van der Waals surface area contributed by atoms with E-state index in [0.29, 0.717) is 50.7 Å². The van der Waals surface area contributed by atoms with Gasteiger partial charge < -0.3 is 14.3 Å². The maximum absolute atomic E-state index is 12.4. The van der Waals surface area contributed by atoms with Crippen LogP contribution in [0.2, 0.25) is 0 Å². The van der Waals surface area contributed by atoms with Crippen LogP contribution in [0.25, 0.3) is 11.4 Å². The second kappa shape index (κ2) is 7.92. The molecule has 0 unspecified atom stereocenters. The Labute approximate surface area is 146 Å². The summed E-state index contributed by atoms with van der Waals surface area (Å²) in [5.41, 5.74) is 0.890. The van der Waals surface area contributed by atoms with Crippen LogP contribution in [0, 0.1) is 0 Å². The fourth-order valence-corrected chi connectivity index (χ4v) is 2.91. The van der Waals surface area contributed by atoms with Gasteiger partial charge in [-0.25, -0.2) is 0 Å². The van der Waals surface area contributed by atoms with E-state index in [1.54, 1.807) is 11.8 Å². The van der Waals surface area contributed by atoms with E-state index in [-0.39, 0.29) is 11.8 Å². The van der Waals surface area contributed by atoms with Gasteiger partial charge in [0.2, 0.25) is 23.5 Å². The predicted octanol–water partition coefficient (Wildman–Crippen LogP) is 1.75. The summed E-state index contributed by atoms with van der Waals surface area (Å²) >= 11 is 0. The van der Waals surface area contributed by atoms with Crippen molar-refractivity contribution in [1.82, 2.24) is 19.9 Å². The molecule has 2 amide bonds. The molecular formula is C18H22N4O3. The topological polar surface area (TPSA) is 79.5 Å². The molecule has 0 spiro atoms. The van der Waals surface area contributed by atoms with Gasteiger partial charge in [-0.1, -0.05) is 35.5 Å². The summed E-state index contributed by atoms with van der Waals surface area (Å²) in [5, 5.41) is 3.97. The lowest BCUT2D eigenvalue weighted by molar-refractivity contribution is -0.132. The molecule has 132 valence electrons. The third-order valence-corrected chi connectivity index (χ3v) is 4.35. The molecule has 1 aliphatic rings. The van der Waals surface area contributed by atoms with E-state index in [1.165, 1.54) is 0 Å². The van der Waals surface area contributed by atoms with Gasteiger partial charge in [0, 0.05) is 51.5 Å². The number of amides is 2. The number of hydrogen-bond acceptors (Lipinski definition) is 5. The molecule has 2 aromatic rings. The third-order valence-electron chi connectivity index (χ3n) is 4.35. The highest BCUT2D eigenvalue weighted by Gasteiger charge is 2.20. The lowest BCUT2D eigenvalue weighted by Gasteiger charge is -2.21. The van der Waals surface area contributed by atoms with Crippen molar-refractivity contribution >= 4 is 11.8 Å². The van der Waals surface area contributed by atoms with E-state index in [1.807, 2.05) is 35.2 Å². The van der Waals surface area contributed by atoms with E-state index in [0.717, 1.165) is 12.0 Å². The molecule has 0 bridgehead atoms. The summed E-state index contributed by atoms with van der Waals surface area (Å²) in [7, 11) is 0. The Kier molecular flexibility index (Phi) is 5.42. The SMILES string of the molecule is CC(=O)N1CCCN(C(=O)CCc2nc(-c3ccccc3)no2)CC1. The summed E-state index contributed by atoms with van der Waals surface area (Å²) in [5.74, 6) is 1.13. The number of aromatic nitrogens is 2. The highest BCUT2D eigenvalue weighted by Crippen LogP contribution is 2.15. The largest absolute Gasteiger partial charge is 0.341 e. The zero-order chi connectivity index (χ0) is 17.6. The summed E-state index contributed by atoms with van der Waals surface area (Å²) in [6, 6.07) is 9.59. The van der Waals surface area contributed by atoms with Crippen molar-refractivity contribution in [2.45, 2.75) is 26.2 Å². The van der Waals surface area contributed by atoms with Crippen LogP contribution in [0.5, 0.6) is 0 Å². The van der Waals surface area contributed by atoms with Crippen LogP contribution < -0.4 is 0 Å². The van der Waals surface area contributed by atoms with E-state index < -0.39 is 0 Å². The molecule has 0 N–H and O–H groups in total. The minimum absolute atomic E-state index is 0.0601. The molecule has 3 rings (SSSR count). The first-order chi connectivity index (χ1) is 12.1. The van der Waals surface area contributed by atoms with Crippen molar-refractivity contribution < 1.29 is 14.1 Å². The van der Waals surface area contributed by atoms with Crippen molar-refractivity contribution in [2.24, 2.45) is 0 Å². The highest BCUT2D eigenvalue weighted by molar-refractivity contribution is 5.77. The fraction of sp³-hybridized carbons (Fsp3) is 0.444. The van der Waals surface area contributed by atoms with Gasteiger partial charge in [0.15, 0.2) is 0 Å². The first-order valence-corrected chi connectivity index (χ1v) is 8.55. The van der Waals surface area contributed by atoms with Crippen LogP contribution >= 0.6 is 0 Å². The predicted molar refractivity (Wildman–Crippen MR) is 91.5 cm³/mol. The maximum Gasteiger partial charge on any atom is 0.227 e. The van der Waals surface area contributed by atoms with Gasteiger partial charge in [-0.15, -0.1) is 0 Å². The molecule has 1 aromatic carbocycles. The zero-order valence-corrected chi connectivity index (χ0v) is 14.4. The van der Waals surface area contributed by atoms with Crippen molar-refractivity contribution in [3.8, 4) is 11.4 Å². The second-order valence-corrected chi connectivity index (χ2v) is 6.12.